The van der Waals surface area contributed by atoms with Crippen LogP contribution in [0, 0.1) is 0 Å². The molecule has 0 bridgehead atoms. The van der Waals surface area contributed by atoms with Crippen molar-refractivity contribution < 1.29 is 4.79 Å². The smallest absolute Gasteiger partial charge is 0.317 e. The quantitative estimate of drug-likeness (QED) is 0.861. The summed E-state index contributed by atoms with van der Waals surface area (Å²) in [6, 6.07) is 10.5. The number of hydrogen-bond donors (Lipinski definition) is 2. The second kappa shape index (κ2) is 5.21. The maximum absolute atomic E-state index is 12.1. The minimum absolute atomic E-state index is 0.0268. The van der Waals surface area contributed by atoms with E-state index in [4.69, 9.17) is 0 Å². The van der Waals surface area contributed by atoms with E-state index in [9.17, 15) is 4.79 Å². The van der Waals surface area contributed by atoms with Gasteiger partial charge in [-0.2, -0.15) is 0 Å². The van der Waals surface area contributed by atoms with Crippen LogP contribution in [0.2, 0.25) is 0 Å². The van der Waals surface area contributed by atoms with Crippen LogP contribution in [-0.4, -0.2) is 42.6 Å². The Morgan fingerprint density at radius 2 is 1.89 bits per heavy atom. The molecule has 102 valence electrons. The monoisotopic (exact) mass is 259 g/mol. The molecule has 2 N–H and O–H groups in total. The van der Waals surface area contributed by atoms with Crippen molar-refractivity contribution in [2.24, 2.45) is 0 Å². The number of carbonyl (C=O) groups is 1. The Morgan fingerprint density at radius 3 is 2.63 bits per heavy atom. The molecule has 2 amide bonds. The second-order valence-electron chi connectivity index (χ2n) is 5.62. The molecule has 19 heavy (non-hydrogen) atoms. The summed E-state index contributed by atoms with van der Waals surface area (Å²) >= 11 is 0. The molecular weight excluding hydrogens is 238 g/mol. The van der Waals surface area contributed by atoms with Gasteiger partial charge >= 0.3 is 6.03 Å². The van der Waals surface area contributed by atoms with Crippen LogP contribution in [0.5, 0.6) is 0 Å². The van der Waals surface area contributed by atoms with Gasteiger partial charge in [-0.25, -0.2) is 4.79 Å². The average Bonchev–Trinajstić information content (AvgIpc) is 2.74. The van der Waals surface area contributed by atoms with Crippen LogP contribution in [0.15, 0.2) is 30.3 Å². The van der Waals surface area contributed by atoms with Crippen LogP contribution in [0.3, 0.4) is 0 Å². The Balaban J connectivity index is 1.58. The van der Waals surface area contributed by atoms with Crippen molar-refractivity contribution in [1.29, 1.82) is 0 Å². The highest BCUT2D eigenvalue weighted by Gasteiger charge is 2.42. The predicted molar refractivity (Wildman–Crippen MR) is 75.1 cm³/mol. The molecule has 2 aliphatic heterocycles. The first kappa shape index (κ1) is 12.5. The van der Waals surface area contributed by atoms with Crippen molar-refractivity contribution >= 4 is 6.03 Å². The van der Waals surface area contributed by atoms with Gasteiger partial charge in [-0.3, -0.25) is 0 Å². The molecule has 2 saturated heterocycles. The lowest BCUT2D eigenvalue weighted by molar-refractivity contribution is 0.217. The first-order chi connectivity index (χ1) is 9.27. The van der Waals surface area contributed by atoms with Gasteiger partial charge in [-0.15, -0.1) is 0 Å². The van der Waals surface area contributed by atoms with E-state index in [1.54, 1.807) is 0 Å². The number of rotatable bonds is 3. The SMILES string of the molecule is O=C1NC2(CCNCC2)CN1CCc1ccccc1. The van der Waals surface area contributed by atoms with Gasteiger partial charge in [0.15, 0.2) is 0 Å². The molecule has 0 radical (unpaired) electrons. The lowest BCUT2D eigenvalue weighted by atomic mass is 9.89. The lowest BCUT2D eigenvalue weighted by Gasteiger charge is -2.33. The minimum atomic E-state index is 0.0268. The molecule has 1 aromatic rings. The third kappa shape index (κ3) is 2.73. The highest BCUT2D eigenvalue weighted by molar-refractivity contribution is 5.78. The van der Waals surface area contributed by atoms with Gasteiger partial charge in [-0.05, 0) is 37.9 Å². The number of nitrogens with one attached hydrogen (secondary N) is 2. The number of nitrogens with zero attached hydrogens (tertiary/aromatic N) is 1. The van der Waals surface area contributed by atoms with Gasteiger partial charge in [0.2, 0.25) is 0 Å². The van der Waals surface area contributed by atoms with Gasteiger partial charge in [0.1, 0.15) is 0 Å². The van der Waals surface area contributed by atoms with Crippen LogP contribution in [-0.2, 0) is 6.42 Å². The van der Waals surface area contributed by atoms with E-state index in [0.29, 0.717) is 0 Å². The van der Waals surface area contributed by atoms with Crippen LogP contribution >= 0.6 is 0 Å². The van der Waals surface area contributed by atoms with E-state index in [-0.39, 0.29) is 11.6 Å². The first-order valence-corrected chi connectivity index (χ1v) is 7.09. The minimum Gasteiger partial charge on any atom is -0.331 e. The van der Waals surface area contributed by atoms with Gasteiger partial charge < -0.3 is 15.5 Å². The van der Waals surface area contributed by atoms with Crippen LogP contribution in [0.25, 0.3) is 0 Å². The molecule has 0 aliphatic carbocycles. The highest BCUT2D eigenvalue weighted by atomic mass is 16.2. The summed E-state index contributed by atoms with van der Waals surface area (Å²) in [6.07, 6.45) is 3.02. The zero-order valence-electron chi connectivity index (χ0n) is 11.2. The number of amides is 2. The molecule has 4 heteroatoms. The summed E-state index contributed by atoms with van der Waals surface area (Å²) in [5.74, 6) is 0. The summed E-state index contributed by atoms with van der Waals surface area (Å²) in [7, 11) is 0. The first-order valence-electron chi connectivity index (χ1n) is 7.09. The Hall–Kier alpha value is -1.55. The molecule has 4 nitrogen and oxygen atoms in total. The summed E-state index contributed by atoms with van der Waals surface area (Å²) in [6.45, 7) is 3.69. The number of piperidine rings is 1. The fraction of sp³-hybridized carbons (Fsp3) is 0.533. The van der Waals surface area contributed by atoms with Crippen molar-refractivity contribution in [3.05, 3.63) is 35.9 Å². The molecule has 0 atom stereocenters. The van der Waals surface area contributed by atoms with Gasteiger partial charge in [-0.1, -0.05) is 30.3 Å². The standard InChI is InChI=1S/C15H21N3O/c19-14-17-15(7-9-16-10-8-15)12-18(14)11-6-13-4-2-1-3-5-13/h1-5,16H,6-12H2,(H,17,19). The van der Waals surface area contributed by atoms with Crippen LogP contribution in [0.1, 0.15) is 18.4 Å². The fourth-order valence-corrected chi connectivity index (χ4v) is 3.06. The van der Waals surface area contributed by atoms with Crippen molar-refractivity contribution in [3.8, 4) is 0 Å². The van der Waals surface area contributed by atoms with Crippen LogP contribution < -0.4 is 10.6 Å². The van der Waals surface area contributed by atoms with Gasteiger partial charge in [0, 0.05) is 13.1 Å². The predicted octanol–water partition coefficient (Wildman–Crippen LogP) is 1.38. The largest absolute Gasteiger partial charge is 0.331 e. The van der Waals surface area contributed by atoms with Crippen molar-refractivity contribution in [2.45, 2.75) is 24.8 Å². The molecule has 2 fully saturated rings. The summed E-state index contributed by atoms with van der Waals surface area (Å²) in [4.78, 5) is 14.0. The zero-order chi connectivity index (χ0) is 13.1. The third-order valence-electron chi connectivity index (χ3n) is 4.23. The molecule has 0 unspecified atom stereocenters. The van der Waals surface area contributed by atoms with Crippen LogP contribution in [0.4, 0.5) is 4.79 Å². The van der Waals surface area contributed by atoms with E-state index >= 15 is 0 Å². The zero-order valence-corrected chi connectivity index (χ0v) is 11.2. The third-order valence-corrected chi connectivity index (χ3v) is 4.23. The Morgan fingerprint density at radius 1 is 1.16 bits per heavy atom. The lowest BCUT2D eigenvalue weighted by Crippen LogP contribution is -2.51. The highest BCUT2D eigenvalue weighted by Crippen LogP contribution is 2.25. The van der Waals surface area contributed by atoms with E-state index < -0.39 is 0 Å². The Labute approximate surface area is 114 Å². The van der Waals surface area contributed by atoms with Gasteiger partial charge in [0.25, 0.3) is 0 Å². The summed E-state index contributed by atoms with van der Waals surface area (Å²) < 4.78 is 0. The fourth-order valence-electron chi connectivity index (χ4n) is 3.06. The Kier molecular flexibility index (Phi) is 3.42. The summed E-state index contributed by atoms with van der Waals surface area (Å²) in [5.41, 5.74) is 1.32. The molecule has 3 rings (SSSR count). The van der Waals surface area contributed by atoms with Crippen molar-refractivity contribution in [1.82, 2.24) is 15.5 Å². The average molecular weight is 259 g/mol. The molecule has 1 aromatic carbocycles. The molecule has 0 saturated carbocycles. The van der Waals surface area contributed by atoms with E-state index in [0.717, 1.165) is 45.4 Å². The maximum atomic E-state index is 12.1. The molecule has 2 aliphatic rings. The Bertz CT molecular complexity index is 440. The maximum Gasteiger partial charge on any atom is 0.317 e. The number of carbonyl (C=O) groups excluding carboxylic acids is 1. The molecule has 0 aromatic heterocycles. The topological polar surface area (TPSA) is 44.4 Å². The molecule has 2 heterocycles. The summed E-state index contributed by atoms with van der Waals surface area (Å²) in [5, 5.41) is 6.56. The number of benzene rings is 1. The molecule has 1 spiro atoms. The van der Waals surface area contributed by atoms with Gasteiger partial charge in [0.05, 0.1) is 5.54 Å². The van der Waals surface area contributed by atoms with Crippen molar-refractivity contribution in [3.63, 3.8) is 0 Å². The van der Waals surface area contributed by atoms with E-state index in [1.165, 1.54) is 5.56 Å². The number of hydrogen-bond acceptors (Lipinski definition) is 2. The van der Waals surface area contributed by atoms with E-state index in [2.05, 4.69) is 22.8 Å². The molecular formula is C15H21N3O. The normalized spacial score (nSPS) is 21.7. The van der Waals surface area contributed by atoms with E-state index in [1.807, 2.05) is 23.1 Å². The number of urea groups is 1. The van der Waals surface area contributed by atoms with Crippen molar-refractivity contribution in [2.75, 3.05) is 26.2 Å². The second-order valence-corrected chi connectivity index (χ2v) is 5.62.